The number of nitrogens with zero attached hydrogens (tertiary/aromatic N) is 3. The molecule has 2 aromatic heterocycles. The Bertz CT molecular complexity index is 727. The van der Waals surface area contributed by atoms with E-state index in [1.54, 1.807) is 11.3 Å². The van der Waals surface area contributed by atoms with Crippen LogP contribution in [-0.4, -0.2) is 15.9 Å². The van der Waals surface area contributed by atoms with Crippen LogP contribution in [0.4, 0.5) is 5.69 Å². The largest absolute Gasteiger partial charge is 0.365 e. The number of imidazole rings is 1. The minimum Gasteiger partial charge on any atom is -0.365 e. The van der Waals surface area contributed by atoms with E-state index in [-0.39, 0.29) is 0 Å². The highest BCUT2D eigenvalue weighted by Gasteiger charge is 2.22. The molecule has 0 fully saturated rings. The zero-order valence-electron chi connectivity index (χ0n) is 10.8. The molecule has 0 N–H and O–H groups in total. The predicted octanol–water partition coefficient (Wildman–Crippen LogP) is 3.27. The summed E-state index contributed by atoms with van der Waals surface area (Å²) in [4.78, 5) is 8.33. The zero-order chi connectivity index (χ0) is 12.8. The molecule has 0 amide bonds. The highest BCUT2D eigenvalue weighted by atomic mass is 32.1. The molecule has 1 aliphatic rings. The van der Waals surface area contributed by atoms with Gasteiger partial charge in [-0.15, -0.1) is 11.3 Å². The first-order valence-electron chi connectivity index (χ1n) is 6.57. The zero-order valence-corrected chi connectivity index (χ0v) is 11.7. The third-order valence-electron chi connectivity index (χ3n) is 3.79. The Balaban J connectivity index is 1.78. The molecule has 4 rings (SSSR count). The molecule has 1 aromatic carbocycles. The van der Waals surface area contributed by atoms with Gasteiger partial charge in [0.1, 0.15) is 0 Å². The molecule has 3 heterocycles. The van der Waals surface area contributed by atoms with E-state index in [1.165, 1.54) is 22.8 Å². The van der Waals surface area contributed by atoms with Crippen LogP contribution in [0.25, 0.3) is 4.96 Å². The molecule has 0 bridgehead atoms. The maximum absolute atomic E-state index is 4.76. The molecule has 96 valence electrons. The van der Waals surface area contributed by atoms with E-state index >= 15 is 0 Å². The van der Waals surface area contributed by atoms with Gasteiger partial charge in [0.05, 0.1) is 17.9 Å². The summed E-state index contributed by atoms with van der Waals surface area (Å²) >= 11 is 1.74. The van der Waals surface area contributed by atoms with Crippen LogP contribution in [0.15, 0.2) is 35.7 Å². The topological polar surface area (TPSA) is 20.5 Å². The Labute approximate surface area is 116 Å². The van der Waals surface area contributed by atoms with Crippen LogP contribution in [0.2, 0.25) is 0 Å². The smallest absolute Gasteiger partial charge is 0.194 e. The van der Waals surface area contributed by atoms with Crippen molar-refractivity contribution < 1.29 is 0 Å². The fourth-order valence-corrected chi connectivity index (χ4v) is 3.73. The van der Waals surface area contributed by atoms with Gasteiger partial charge in [0, 0.05) is 29.7 Å². The van der Waals surface area contributed by atoms with Gasteiger partial charge in [0.2, 0.25) is 0 Å². The summed E-state index contributed by atoms with van der Waals surface area (Å²) in [5.41, 5.74) is 5.24. The number of hydrogen-bond acceptors (Lipinski definition) is 3. The molecule has 0 aliphatic carbocycles. The fraction of sp³-hybridized carbons (Fsp3) is 0.267. The Morgan fingerprint density at radius 1 is 1.21 bits per heavy atom. The lowest BCUT2D eigenvalue weighted by Gasteiger charge is -2.28. The molecule has 0 radical (unpaired) electrons. The summed E-state index contributed by atoms with van der Waals surface area (Å²) in [7, 11) is 0. The van der Waals surface area contributed by atoms with Gasteiger partial charge in [-0.1, -0.05) is 18.2 Å². The fourth-order valence-electron chi connectivity index (χ4n) is 2.83. The summed E-state index contributed by atoms with van der Waals surface area (Å²) in [6, 6.07) is 10.6. The minimum absolute atomic E-state index is 0.956. The van der Waals surface area contributed by atoms with Crippen molar-refractivity contribution in [2.24, 2.45) is 0 Å². The first-order chi connectivity index (χ1) is 9.33. The number of aryl methyl sites for hydroxylation is 1. The summed E-state index contributed by atoms with van der Waals surface area (Å²) in [5.74, 6) is 0. The van der Waals surface area contributed by atoms with E-state index in [1.807, 2.05) is 0 Å². The van der Waals surface area contributed by atoms with Crippen LogP contribution in [0.1, 0.15) is 17.1 Å². The molecule has 3 aromatic rings. The second-order valence-corrected chi connectivity index (χ2v) is 5.84. The lowest BCUT2D eigenvalue weighted by molar-refractivity contribution is 0.700. The Morgan fingerprint density at radius 2 is 2.05 bits per heavy atom. The minimum atomic E-state index is 0.956. The van der Waals surface area contributed by atoms with Gasteiger partial charge in [0.15, 0.2) is 4.96 Å². The van der Waals surface area contributed by atoms with Crippen LogP contribution in [0.3, 0.4) is 0 Å². The summed E-state index contributed by atoms with van der Waals surface area (Å²) in [6.07, 6.45) is 1.04. The van der Waals surface area contributed by atoms with Gasteiger partial charge in [-0.3, -0.25) is 4.40 Å². The number of para-hydroxylation sites is 1. The van der Waals surface area contributed by atoms with Crippen molar-refractivity contribution in [3.8, 4) is 0 Å². The first-order valence-corrected chi connectivity index (χ1v) is 7.45. The van der Waals surface area contributed by atoms with Crippen molar-refractivity contribution in [2.75, 3.05) is 11.4 Å². The molecule has 1 aliphatic heterocycles. The number of fused-ring (bicyclic) bond motifs is 3. The van der Waals surface area contributed by atoms with E-state index < -0.39 is 0 Å². The number of rotatable bonds is 1. The molecule has 0 spiro atoms. The van der Waals surface area contributed by atoms with Crippen molar-refractivity contribution in [1.82, 2.24) is 9.38 Å². The summed E-state index contributed by atoms with van der Waals surface area (Å²) in [5, 5.41) is 2.18. The Morgan fingerprint density at radius 3 is 2.89 bits per heavy atom. The van der Waals surface area contributed by atoms with E-state index in [4.69, 9.17) is 4.98 Å². The number of benzene rings is 1. The standard InChI is InChI=1S/C15H15N3S/c1-11-10-19-15-16-13-7-8-17(9-14(13)18(11)15)12-5-3-2-4-6-12/h2-6,10H,7-9H2,1H3. The van der Waals surface area contributed by atoms with Crippen LogP contribution < -0.4 is 4.90 Å². The average molecular weight is 269 g/mol. The van der Waals surface area contributed by atoms with E-state index in [2.05, 4.69) is 51.9 Å². The van der Waals surface area contributed by atoms with Crippen molar-refractivity contribution in [1.29, 1.82) is 0 Å². The number of anilines is 1. The van der Waals surface area contributed by atoms with Gasteiger partial charge in [-0.05, 0) is 19.1 Å². The molecular weight excluding hydrogens is 254 g/mol. The maximum Gasteiger partial charge on any atom is 0.194 e. The molecule has 0 saturated heterocycles. The van der Waals surface area contributed by atoms with Gasteiger partial charge in [0.25, 0.3) is 0 Å². The monoisotopic (exact) mass is 269 g/mol. The molecular formula is C15H15N3S. The van der Waals surface area contributed by atoms with Gasteiger partial charge >= 0.3 is 0 Å². The van der Waals surface area contributed by atoms with Crippen molar-refractivity contribution in [2.45, 2.75) is 19.9 Å². The predicted molar refractivity (Wildman–Crippen MR) is 79.0 cm³/mol. The normalized spacial score (nSPS) is 14.9. The molecule has 4 heteroatoms. The molecule has 0 saturated carbocycles. The van der Waals surface area contributed by atoms with Crippen molar-refractivity contribution in [3.63, 3.8) is 0 Å². The summed E-state index contributed by atoms with van der Waals surface area (Å²) < 4.78 is 2.31. The van der Waals surface area contributed by atoms with Crippen LogP contribution in [0.5, 0.6) is 0 Å². The third kappa shape index (κ3) is 1.67. The first kappa shape index (κ1) is 11.1. The SMILES string of the molecule is Cc1csc2nc3c(n12)CN(c1ccccc1)CC3. The second kappa shape index (κ2) is 4.10. The number of aromatic nitrogens is 2. The number of thiazole rings is 1. The highest BCUT2D eigenvalue weighted by Crippen LogP contribution is 2.28. The Hall–Kier alpha value is -1.81. The maximum atomic E-state index is 4.76. The highest BCUT2D eigenvalue weighted by molar-refractivity contribution is 7.15. The van der Waals surface area contributed by atoms with Crippen molar-refractivity contribution >= 4 is 22.0 Å². The van der Waals surface area contributed by atoms with E-state index in [9.17, 15) is 0 Å². The van der Waals surface area contributed by atoms with Crippen LogP contribution in [0, 0.1) is 6.92 Å². The number of hydrogen-bond donors (Lipinski definition) is 0. The Kier molecular flexibility index (Phi) is 2.38. The second-order valence-electron chi connectivity index (χ2n) is 5.01. The van der Waals surface area contributed by atoms with Gasteiger partial charge in [-0.2, -0.15) is 0 Å². The van der Waals surface area contributed by atoms with E-state index in [0.717, 1.165) is 24.5 Å². The van der Waals surface area contributed by atoms with Gasteiger partial charge in [-0.25, -0.2) is 4.98 Å². The molecule has 0 atom stereocenters. The quantitative estimate of drug-likeness (QED) is 0.676. The lowest BCUT2D eigenvalue weighted by Crippen LogP contribution is -2.30. The van der Waals surface area contributed by atoms with Crippen molar-refractivity contribution in [3.05, 3.63) is 52.8 Å². The average Bonchev–Trinajstić information content (AvgIpc) is 2.99. The van der Waals surface area contributed by atoms with Crippen LogP contribution in [-0.2, 0) is 13.0 Å². The molecule has 3 nitrogen and oxygen atoms in total. The van der Waals surface area contributed by atoms with Gasteiger partial charge < -0.3 is 4.90 Å². The third-order valence-corrected chi connectivity index (χ3v) is 4.74. The molecule has 19 heavy (non-hydrogen) atoms. The van der Waals surface area contributed by atoms with Crippen LogP contribution >= 0.6 is 11.3 Å². The molecule has 0 unspecified atom stereocenters. The lowest BCUT2D eigenvalue weighted by atomic mass is 10.1. The van der Waals surface area contributed by atoms with E-state index in [0.29, 0.717) is 0 Å². The summed E-state index contributed by atoms with van der Waals surface area (Å²) in [6.45, 7) is 4.17.